The first kappa shape index (κ1) is 20.0. The van der Waals surface area contributed by atoms with Crippen LogP contribution in [-0.4, -0.2) is 32.6 Å². The maximum atomic E-state index is 9.22. The predicted molar refractivity (Wildman–Crippen MR) is 123 cm³/mol. The predicted octanol–water partition coefficient (Wildman–Crippen LogP) is 4.87. The van der Waals surface area contributed by atoms with E-state index in [1.807, 2.05) is 12.1 Å². The van der Waals surface area contributed by atoms with Gasteiger partial charge in [-0.2, -0.15) is 10.2 Å². The molecule has 1 aromatic carbocycles. The molecule has 0 atom stereocenters. The van der Waals surface area contributed by atoms with Gasteiger partial charge in [-0.25, -0.2) is 4.98 Å². The molecule has 32 heavy (non-hydrogen) atoms. The zero-order valence-electron chi connectivity index (χ0n) is 17.7. The number of fused-ring (bicyclic) bond motifs is 1. The number of nitriles is 1. The summed E-state index contributed by atoms with van der Waals surface area (Å²) in [6.45, 7) is 0.720. The number of benzene rings is 1. The van der Waals surface area contributed by atoms with Gasteiger partial charge in [-0.3, -0.25) is 4.98 Å². The van der Waals surface area contributed by atoms with Crippen molar-refractivity contribution in [2.45, 2.75) is 38.2 Å². The molecule has 1 aliphatic rings. The largest absolute Gasteiger partial charge is 0.474 e. The number of nitrogens with zero attached hydrogens (tertiary/aromatic N) is 4. The average Bonchev–Trinajstić information content (AvgIpc) is 3.49. The molecular formula is C25H24N6O. The summed E-state index contributed by atoms with van der Waals surface area (Å²) < 4.78 is 6.16. The van der Waals surface area contributed by atoms with Crippen molar-refractivity contribution in [3.8, 4) is 23.3 Å². The molecule has 7 nitrogen and oxygen atoms in total. The Morgan fingerprint density at radius 3 is 2.88 bits per heavy atom. The zero-order valence-corrected chi connectivity index (χ0v) is 17.7. The molecule has 0 unspecified atom stereocenters. The van der Waals surface area contributed by atoms with Gasteiger partial charge in [-0.15, -0.1) is 0 Å². The summed E-state index contributed by atoms with van der Waals surface area (Å²) >= 11 is 0. The van der Waals surface area contributed by atoms with E-state index in [9.17, 15) is 5.26 Å². The third-order valence-corrected chi connectivity index (χ3v) is 5.79. The number of ether oxygens (including phenoxy) is 1. The SMILES string of the molecule is N#Cc1cncc(-c2nc(NCCc3c[nH]c4ccccc34)cc(OC3CCCC3)n2)c1. The zero-order chi connectivity index (χ0) is 21.8. The molecule has 7 heteroatoms. The monoisotopic (exact) mass is 424 g/mol. The Morgan fingerprint density at radius 1 is 1.12 bits per heavy atom. The van der Waals surface area contributed by atoms with Crippen molar-refractivity contribution < 1.29 is 4.74 Å². The molecule has 0 saturated heterocycles. The van der Waals surface area contributed by atoms with Gasteiger partial charge < -0.3 is 15.0 Å². The molecule has 3 heterocycles. The van der Waals surface area contributed by atoms with E-state index in [1.54, 1.807) is 12.3 Å². The van der Waals surface area contributed by atoms with Crippen molar-refractivity contribution in [2.24, 2.45) is 0 Å². The minimum atomic E-state index is 0.195. The average molecular weight is 425 g/mol. The first-order valence-electron chi connectivity index (χ1n) is 11.0. The molecule has 5 rings (SSSR count). The van der Waals surface area contributed by atoms with Crippen molar-refractivity contribution in [3.63, 3.8) is 0 Å². The Labute approximate surface area is 186 Å². The number of rotatable bonds is 7. The highest BCUT2D eigenvalue weighted by molar-refractivity contribution is 5.83. The Hall–Kier alpha value is -3.92. The molecule has 0 radical (unpaired) electrons. The van der Waals surface area contributed by atoms with Crippen molar-refractivity contribution in [1.29, 1.82) is 5.26 Å². The van der Waals surface area contributed by atoms with E-state index in [0.29, 0.717) is 28.6 Å². The lowest BCUT2D eigenvalue weighted by atomic mass is 10.1. The molecule has 0 aliphatic heterocycles. The minimum Gasteiger partial charge on any atom is -0.474 e. The Balaban J connectivity index is 1.37. The third-order valence-electron chi connectivity index (χ3n) is 5.79. The van der Waals surface area contributed by atoms with Crippen LogP contribution < -0.4 is 10.1 Å². The molecule has 1 fully saturated rings. The van der Waals surface area contributed by atoms with Crippen molar-refractivity contribution >= 4 is 16.7 Å². The molecule has 160 valence electrons. The molecular weight excluding hydrogens is 400 g/mol. The summed E-state index contributed by atoms with van der Waals surface area (Å²) in [5, 5.41) is 13.9. The molecule has 4 aromatic rings. The highest BCUT2D eigenvalue weighted by atomic mass is 16.5. The topological polar surface area (TPSA) is 99.5 Å². The summed E-state index contributed by atoms with van der Waals surface area (Å²) in [4.78, 5) is 16.8. The lowest BCUT2D eigenvalue weighted by Crippen LogP contribution is -2.13. The van der Waals surface area contributed by atoms with Crippen LogP contribution in [0, 0.1) is 11.3 Å². The first-order valence-corrected chi connectivity index (χ1v) is 11.0. The molecule has 3 aromatic heterocycles. The van der Waals surface area contributed by atoms with Crippen LogP contribution in [0.3, 0.4) is 0 Å². The summed E-state index contributed by atoms with van der Waals surface area (Å²) in [5.41, 5.74) is 3.57. The summed E-state index contributed by atoms with van der Waals surface area (Å²) in [6, 6.07) is 14.0. The Morgan fingerprint density at radius 2 is 2.00 bits per heavy atom. The molecule has 1 aliphatic carbocycles. The maximum Gasteiger partial charge on any atom is 0.219 e. The number of nitrogens with one attached hydrogen (secondary N) is 2. The van der Waals surface area contributed by atoms with Crippen LogP contribution in [0.25, 0.3) is 22.3 Å². The van der Waals surface area contributed by atoms with Gasteiger partial charge in [0.25, 0.3) is 0 Å². The Bertz CT molecular complexity index is 1270. The smallest absolute Gasteiger partial charge is 0.219 e. The van der Waals surface area contributed by atoms with E-state index in [4.69, 9.17) is 4.74 Å². The van der Waals surface area contributed by atoms with Gasteiger partial charge in [-0.1, -0.05) is 18.2 Å². The van der Waals surface area contributed by atoms with E-state index >= 15 is 0 Å². The quantitative estimate of drug-likeness (QED) is 0.439. The van der Waals surface area contributed by atoms with Crippen LogP contribution in [0.5, 0.6) is 5.88 Å². The normalized spacial score (nSPS) is 13.8. The third kappa shape index (κ3) is 4.40. The van der Waals surface area contributed by atoms with Gasteiger partial charge in [0.1, 0.15) is 18.0 Å². The van der Waals surface area contributed by atoms with Crippen LogP contribution in [0.1, 0.15) is 36.8 Å². The fraction of sp³-hybridized carbons (Fsp3) is 0.280. The number of pyridine rings is 1. The number of hydrogen-bond donors (Lipinski definition) is 2. The van der Waals surface area contributed by atoms with E-state index in [-0.39, 0.29) is 6.10 Å². The first-order chi connectivity index (χ1) is 15.8. The van der Waals surface area contributed by atoms with Crippen LogP contribution in [0.2, 0.25) is 0 Å². The van der Waals surface area contributed by atoms with Gasteiger partial charge in [-0.05, 0) is 49.8 Å². The summed E-state index contributed by atoms with van der Waals surface area (Å²) in [7, 11) is 0. The standard InChI is InChI=1S/C25H24N6O/c26-13-17-11-19(15-27-14-17)25-30-23(12-24(31-25)32-20-5-1-2-6-20)28-10-9-18-16-29-22-8-4-3-7-21(18)22/h3-4,7-8,11-12,14-16,20,29H,1-2,5-6,9-10H2,(H,28,30,31). The summed E-state index contributed by atoms with van der Waals surface area (Å²) in [6.07, 6.45) is 10.8. The molecule has 0 spiro atoms. The van der Waals surface area contributed by atoms with Gasteiger partial charge in [0.2, 0.25) is 5.88 Å². The van der Waals surface area contributed by atoms with Crippen molar-refractivity contribution in [1.82, 2.24) is 19.9 Å². The second-order valence-electron chi connectivity index (χ2n) is 8.05. The molecule has 0 bridgehead atoms. The van der Waals surface area contributed by atoms with E-state index < -0.39 is 0 Å². The Kier molecular flexibility index (Phi) is 5.67. The number of H-pyrrole nitrogens is 1. The fourth-order valence-corrected chi connectivity index (χ4v) is 4.17. The van der Waals surface area contributed by atoms with Crippen LogP contribution in [0.4, 0.5) is 5.82 Å². The highest BCUT2D eigenvalue weighted by Crippen LogP contribution is 2.27. The number of aromatic nitrogens is 4. The lowest BCUT2D eigenvalue weighted by molar-refractivity contribution is 0.201. The molecule has 2 N–H and O–H groups in total. The van der Waals surface area contributed by atoms with Gasteiger partial charge >= 0.3 is 0 Å². The van der Waals surface area contributed by atoms with Crippen LogP contribution >= 0.6 is 0 Å². The van der Waals surface area contributed by atoms with Crippen molar-refractivity contribution in [3.05, 3.63) is 66.1 Å². The minimum absolute atomic E-state index is 0.195. The maximum absolute atomic E-state index is 9.22. The van der Waals surface area contributed by atoms with Crippen LogP contribution in [0.15, 0.2) is 55.0 Å². The van der Waals surface area contributed by atoms with E-state index in [0.717, 1.165) is 31.3 Å². The number of aromatic amines is 1. The second-order valence-corrected chi connectivity index (χ2v) is 8.05. The van der Waals surface area contributed by atoms with E-state index in [2.05, 4.69) is 55.7 Å². The fourth-order valence-electron chi connectivity index (χ4n) is 4.17. The van der Waals surface area contributed by atoms with Gasteiger partial charge in [0.15, 0.2) is 5.82 Å². The molecule has 0 amide bonds. The van der Waals surface area contributed by atoms with Crippen molar-refractivity contribution in [2.75, 3.05) is 11.9 Å². The van der Waals surface area contributed by atoms with Gasteiger partial charge in [0, 0.05) is 47.7 Å². The number of para-hydroxylation sites is 1. The van der Waals surface area contributed by atoms with Crippen LogP contribution in [-0.2, 0) is 6.42 Å². The second kappa shape index (κ2) is 9.06. The van der Waals surface area contributed by atoms with Gasteiger partial charge in [0.05, 0.1) is 5.56 Å². The number of hydrogen-bond acceptors (Lipinski definition) is 6. The highest BCUT2D eigenvalue weighted by Gasteiger charge is 2.18. The summed E-state index contributed by atoms with van der Waals surface area (Å²) in [5.74, 6) is 1.75. The molecule has 1 saturated carbocycles. The van der Waals surface area contributed by atoms with E-state index in [1.165, 1.54) is 30.0 Å². The number of anilines is 1. The lowest BCUT2D eigenvalue weighted by Gasteiger charge is -2.15.